The summed E-state index contributed by atoms with van der Waals surface area (Å²) < 4.78 is 46.8. The fourth-order valence-electron chi connectivity index (χ4n) is 3.63. The molecule has 0 saturated carbocycles. The maximum absolute atomic E-state index is 13.9. The summed E-state index contributed by atoms with van der Waals surface area (Å²) in [5.41, 5.74) is 5.67. The summed E-state index contributed by atoms with van der Waals surface area (Å²) in [6.07, 6.45) is -0.345. The van der Waals surface area contributed by atoms with Crippen molar-refractivity contribution in [2.45, 2.75) is 38.4 Å². The number of pyridine rings is 1. The molecule has 2 N–H and O–H groups in total. The first kappa shape index (κ1) is 20.5. The number of nitrogens with zero attached hydrogens (tertiary/aromatic N) is 4. The van der Waals surface area contributed by atoms with Crippen LogP contribution in [0.15, 0.2) is 35.0 Å². The van der Waals surface area contributed by atoms with Crippen molar-refractivity contribution < 1.29 is 17.7 Å². The highest BCUT2D eigenvalue weighted by Gasteiger charge is 2.37. The van der Waals surface area contributed by atoms with Crippen molar-refractivity contribution in [1.29, 1.82) is 0 Å². The third kappa shape index (κ3) is 3.94. The zero-order valence-corrected chi connectivity index (χ0v) is 16.8. The predicted molar refractivity (Wildman–Crippen MR) is 108 cm³/mol. The summed E-state index contributed by atoms with van der Waals surface area (Å²) in [6, 6.07) is 5.66. The van der Waals surface area contributed by atoms with Gasteiger partial charge in [-0.3, -0.25) is 0 Å². The van der Waals surface area contributed by atoms with Gasteiger partial charge in [-0.15, -0.1) is 0 Å². The molecule has 1 atom stereocenters. The number of hydrogen-bond donors (Lipinski definition) is 1. The lowest BCUT2D eigenvalue weighted by Gasteiger charge is -2.37. The van der Waals surface area contributed by atoms with Crippen molar-refractivity contribution in [3.05, 3.63) is 41.0 Å². The van der Waals surface area contributed by atoms with Gasteiger partial charge >= 0.3 is 6.18 Å². The molecule has 1 fully saturated rings. The monoisotopic (exact) mass is 437 g/mol. The first-order valence-electron chi connectivity index (χ1n) is 9.47. The fourth-order valence-corrected chi connectivity index (χ4v) is 3.80. The van der Waals surface area contributed by atoms with Gasteiger partial charge in [0.15, 0.2) is 0 Å². The number of piperidine rings is 1. The molecule has 0 bridgehead atoms. The fraction of sp³-hybridized carbons (Fsp3) is 0.350. The van der Waals surface area contributed by atoms with Crippen LogP contribution in [0.1, 0.15) is 31.7 Å². The van der Waals surface area contributed by atoms with E-state index < -0.39 is 11.7 Å². The molecule has 1 saturated heterocycles. The SMILES string of the molecule is CC1CCCCN1c1ccc(-c2nc(-c3cnc(N)c(Cl)c3)no2)cc1C(F)(F)F. The molecule has 2 aromatic heterocycles. The van der Waals surface area contributed by atoms with E-state index >= 15 is 0 Å². The Morgan fingerprint density at radius 3 is 2.70 bits per heavy atom. The van der Waals surface area contributed by atoms with Gasteiger partial charge in [0.1, 0.15) is 5.82 Å². The standard InChI is InChI=1S/C20H19ClF3N5O/c1-11-4-2-3-7-29(11)16-6-5-12(8-14(16)20(22,23)24)19-27-18(28-30-19)13-9-15(21)17(25)26-10-13/h5-6,8-11H,2-4,7H2,1H3,(H2,25,26). The molecule has 158 valence electrons. The molecule has 3 aromatic rings. The topological polar surface area (TPSA) is 81.1 Å². The largest absolute Gasteiger partial charge is 0.418 e. The molecule has 1 aliphatic heterocycles. The summed E-state index contributed by atoms with van der Waals surface area (Å²) >= 11 is 5.96. The second kappa shape index (κ2) is 7.79. The maximum atomic E-state index is 13.9. The van der Waals surface area contributed by atoms with E-state index in [2.05, 4.69) is 15.1 Å². The summed E-state index contributed by atoms with van der Waals surface area (Å²) in [5, 5.41) is 4.05. The molecule has 6 nitrogen and oxygen atoms in total. The Bertz CT molecular complexity index is 1070. The Hall–Kier alpha value is -2.81. The average Bonchev–Trinajstić information content (AvgIpc) is 3.20. The van der Waals surface area contributed by atoms with Gasteiger partial charge < -0.3 is 15.2 Å². The molecule has 0 spiro atoms. The normalized spacial score (nSPS) is 17.4. The number of alkyl halides is 3. The van der Waals surface area contributed by atoms with Crippen molar-refractivity contribution in [1.82, 2.24) is 15.1 Å². The van der Waals surface area contributed by atoms with Crippen LogP contribution in [0.2, 0.25) is 5.02 Å². The molecule has 1 aromatic carbocycles. The Morgan fingerprint density at radius 1 is 1.20 bits per heavy atom. The smallest absolute Gasteiger partial charge is 0.382 e. The number of nitrogen functional groups attached to an aromatic ring is 1. The predicted octanol–water partition coefficient (Wildman–Crippen LogP) is 5.43. The third-order valence-corrected chi connectivity index (χ3v) is 5.52. The molecule has 0 radical (unpaired) electrons. The Labute approximate surface area is 175 Å². The zero-order chi connectivity index (χ0) is 21.5. The lowest BCUT2D eigenvalue weighted by atomic mass is 9.99. The third-order valence-electron chi connectivity index (χ3n) is 5.22. The first-order chi connectivity index (χ1) is 14.2. The first-order valence-corrected chi connectivity index (χ1v) is 9.85. The van der Waals surface area contributed by atoms with E-state index in [4.69, 9.17) is 21.9 Å². The number of benzene rings is 1. The Morgan fingerprint density at radius 2 is 2.00 bits per heavy atom. The van der Waals surface area contributed by atoms with Gasteiger partial charge in [-0.2, -0.15) is 18.2 Å². The highest BCUT2D eigenvalue weighted by Crippen LogP contribution is 2.41. The molecule has 0 amide bonds. The highest BCUT2D eigenvalue weighted by molar-refractivity contribution is 6.33. The molecule has 10 heteroatoms. The second-order valence-electron chi connectivity index (χ2n) is 7.28. The summed E-state index contributed by atoms with van der Waals surface area (Å²) in [6.45, 7) is 2.54. The van der Waals surface area contributed by atoms with Crippen LogP contribution in [0.4, 0.5) is 24.7 Å². The van der Waals surface area contributed by atoms with Crippen molar-refractivity contribution in [3.63, 3.8) is 0 Å². The average molecular weight is 438 g/mol. The minimum absolute atomic E-state index is 0.0262. The van der Waals surface area contributed by atoms with Gasteiger partial charge in [0.2, 0.25) is 5.82 Å². The van der Waals surface area contributed by atoms with E-state index in [-0.39, 0.29) is 39.8 Å². The van der Waals surface area contributed by atoms with E-state index in [1.165, 1.54) is 18.3 Å². The highest BCUT2D eigenvalue weighted by atomic mass is 35.5. The van der Waals surface area contributed by atoms with Gasteiger partial charge in [0.05, 0.1) is 10.6 Å². The van der Waals surface area contributed by atoms with Crippen LogP contribution >= 0.6 is 11.6 Å². The summed E-state index contributed by atoms with van der Waals surface area (Å²) in [5.74, 6) is 0.282. The van der Waals surface area contributed by atoms with Crippen LogP contribution in [0.3, 0.4) is 0 Å². The van der Waals surface area contributed by atoms with E-state index in [1.807, 2.05) is 11.8 Å². The minimum atomic E-state index is -4.51. The van der Waals surface area contributed by atoms with Gasteiger partial charge in [-0.25, -0.2) is 4.98 Å². The lowest BCUT2D eigenvalue weighted by Crippen LogP contribution is -2.38. The number of rotatable bonds is 3. The number of nitrogens with two attached hydrogens (primary N) is 1. The zero-order valence-electron chi connectivity index (χ0n) is 16.1. The van der Waals surface area contributed by atoms with E-state index in [9.17, 15) is 13.2 Å². The van der Waals surface area contributed by atoms with Crippen LogP contribution in [0, 0.1) is 0 Å². The molecule has 30 heavy (non-hydrogen) atoms. The molecule has 3 heterocycles. The molecular weight excluding hydrogens is 419 g/mol. The molecular formula is C20H19ClF3N5O. The number of aromatic nitrogens is 3. The van der Waals surface area contributed by atoms with Crippen LogP contribution in [0.5, 0.6) is 0 Å². The van der Waals surface area contributed by atoms with Crippen molar-refractivity contribution in [3.8, 4) is 22.8 Å². The minimum Gasteiger partial charge on any atom is -0.382 e. The van der Waals surface area contributed by atoms with Crippen LogP contribution in [0.25, 0.3) is 22.8 Å². The Kier molecular flexibility index (Phi) is 5.31. The Balaban J connectivity index is 1.72. The summed E-state index contributed by atoms with van der Waals surface area (Å²) in [7, 11) is 0. The van der Waals surface area contributed by atoms with E-state index in [1.54, 1.807) is 6.07 Å². The van der Waals surface area contributed by atoms with Gasteiger partial charge in [-0.1, -0.05) is 16.8 Å². The number of hydrogen-bond acceptors (Lipinski definition) is 6. The molecule has 1 unspecified atom stereocenters. The van der Waals surface area contributed by atoms with Crippen LogP contribution in [-0.4, -0.2) is 27.7 Å². The van der Waals surface area contributed by atoms with Gasteiger partial charge in [0.25, 0.3) is 5.89 Å². The van der Waals surface area contributed by atoms with Gasteiger partial charge in [0, 0.05) is 35.6 Å². The maximum Gasteiger partial charge on any atom is 0.418 e. The molecule has 4 rings (SSSR count). The van der Waals surface area contributed by atoms with Crippen molar-refractivity contribution in [2.24, 2.45) is 0 Å². The van der Waals surface area contributed by atoms with Crippen LogP contribution < -0.4 is 10.6 Å². The lowest BCUT2D eigenvalue weighted by molar-refractivity contribution is -0.137. The number of halogens is 4. The van der Waals surface area contributed by atoms with Crippen molar-refractivity contribution in [2.75, 3.05) is 17.2 Å². The second-order valence-corrected chi connectivity index (χ2v) is 7.69. The van der Waals surface area contributed by atoms with Crippen LogP contribution in [-0.2, 0) is 6.18 Å². The molecule has 1 aliphatic rings. The quantitative estimate of drug-likeness (QED) is 0.588. The van der Waals surface area contributed by atoms with Gasteiger partial charge in [-0.05, 0) is 50.5 Å². The van der Waals surface area contributed by atoms with E-state index in [0.29, 0.717) is 12.1 Å². The summed E-state index contributed by atoms with van der Waals surface area (Å²) in [4.78, 5) is 9.94. The van der Waals surface area contributed by atoms with E-state index in [0.717, 1.165) is 25.3 Å². The van der Waals surface area contributed by atoms with Crippen molar-refractivity contribution >= 4 is 23.1 Å². The molecule has 0 aliphatic carbocycles. The number of anilines is 2.